The molecule has 2 aromatic carbocycles. The van der Waals surface area contributed by atoms with Gasteiger partial charge in [-0.15, -0.1) is 16.8 Å². The van der Waals surface area contributed by atoms with Gasteiger partial charge in [-0.1, -0.05) is 29.4 Å². The number of amides is 1. The standard InChI is InChI=1S/C19H15ClFN5O3S/c1-2-9-25-18(12-3-6-14(21)7-4-12)23-24-19(25)30-11-17(27)22-15-8-5-13(20)10-16(15)26(28)29/h2-8,10H,1,9,11H2,(H,22,27). The van der Waals surface area contributed by atoms with Crippen LogP contribution in [0.5, 0.6) is 0 Å². The van der Waals surface area contributed by atoms with Gasteiger partial charge >= 0.3 is 0 Å². The maximum Gasteiger partial charge on any atom is 0.294 e. The SMILES string of the molecule is C=CCn1c(SCC(=O)Nc2ccc(Cl)cc2[N+](=O)[O-])nnc1-c1ccc(F)cc1. The highest BCUT2D eigenvalue weighted by molar-refractivity contribution is 7.99. The minimum atomic E-state index is -0.621. The van der Waals surface area contributed by atoms with E-state index in [1.165, 1.54) is 30.3 Å². The number of benzene rings is 2. The number of halogens is 2. The molecule has 11 heteroatoms. The fraction of sp³-hybridized carbons (Fsp3) is 0.105. The van der Waals surface area contributed by atoms with Gasteiger partial charge in [0.1, 0.15) is 11.5 Å². The molecular formula is C19H15ClFN5O3S. The third-order valence-corrected chi connectivity index (χ3v) is 5.10. The largest absolute Gasteiger partial charge is 0.320 e. The van der Waals surface area contributed by atoms with E-state index in [0.717, 1.165) is 11.8 Å². The molecule has 3 rings (SSSR count). The predicted octanol–water partition coefficient (Wildman–Crippen LogP) is 4.56. The second-order valence-electron chi connectivity index (χ2n) is 5.97. The summed E-state index contributed by atoms with van der Waals surface area (Å²) in [6, 6.07) is 9.80. The quantitative estimate of drug-likeness (QED) is 0.235. The molecule has 1 aromatic heterocycles. The van der Waals surface area contributed by atoms with Crippen LogP contribution in [0.1, 0.15) is 0 Å². The van der Waals surface area contributed by atoms with Gasteiger partial charge in [0.05, 0.1) is 10.7 Å². The van der Waals surface area contributed by atoms with Crippen LogP contribution in [-0.2, 0) is 11.3 Å². The molecule has 154 valence electrons. The summed E-state index contributed by atoms with van der Waals surface area (Å²) in [6.07, 6.45) is 1.65. The third kappa shape index (κ3) is 5.02. The zero-order chi connectivity index (χ0) is 21.7. The number of carbonyl (C=O) groups is 1. The first-order valence-electron chi connectivity index (χ1n) is 8.55. The molecule has 0 saturated carbocycles. The Bertz CT molecular complexity index is 1100. The first-order valence-corrected chi connectivity index (χ1v) is 9.92. The number of nitro groups is 1. The zero-order valence-electron chi connectivity index (χ0n) is 15.4. The summed E-state index contributed by atoms with van der Waals surface area (Å²) in [5.41, 5.74) is 0.419. The van der Waals surface area contributed by atoms with E-state index in [2.05, 4.69) is 22.1 Å². The van der Waals surface area contributed by atoms with Gasteiger partial charge < -0.3 is 5.32 Å². The Hall–Kier alpha value is -3.24. The van der Waals surface area contributed by atoms with Crippen molar-refractivity contribution in [3.05, 3.63) is 76.1 Å². The van der Waals surface area contributed by atoms with Crippen molar-refractivity contribution < 1.29 is 14.1 Å². The molecule has 0 unspecified atom stereocenters. The van der Waals surface area contributed by atoms with Crippen LogP contribution < -0.4 is 5.32 Å². The summed E-state index contributed by atoms with van der Waals surface area (Å²) in [4.78, 5) is 22.8. The Morgan fingerprint density at radius 2 is 2.03 bits per heavy atom. The molecule has 0 spiro atoms. The van der Waals surface area contributed by atoms with Gasteiger partial charge in [-0.3, -0.25) is 19.5 Å². The van der Waals surface area contributed by atoms with E-state index < -0.39 is 10.8 Å². The second-order valence-corrected chi connectivity index (χ2v) is 7.35. The van der Waals surface area contributed by atoms with Crippen molar-refractivity contribution in [2.24, 2.45) is 0 Å². The summed E-state index contributed by atoms with van der Waals surface area (Å²) in [6.45, 7) is 4.09. The van der Waals surface area contributed by atoms with E-state index in [1.807, 2.05) is 0 Å². The summed E-state index contributed by atoms with van der Waals surface area (Å²) in [7, 11) is 0. The molecule has 0 aliphatic rings. The lowest BCUT2D eigenvalue weighted by atomic mass is 10.2. The Kier molecular flexibility index (Phi) is 6.80. The number of hydrogen-bond acceptors (Lipinski definition) is 6. The van der Waals surface area contributed by atoms with Gasteiger partial charge in [-0.05, 0) is 36.4 Å². The second kappa shape index (κ2) is 9.51. The molecule has 0 radical (unpaired) electrons. The molecule has 8 nitrogen and oxygen atoms in total. The molecule has 0 bridgehead atoms. The lowest BCUT2D eigenvalue weighted by Gasteiger charge is -2.08. The van der Waals surface area contributed by atoms with Crippen molar-refractivity contribution in [2.45, 2.75) is 11.7 Å². The smallest absolute Gasteiger partial charge is 0.294 e. The van der Waals surface area contributed by atoms with Gasteiger partial charge in [-0.2, -0.15) is 0 Å². The maximum atomic E-state index is 13.2. The number of nitrogens with zero attached hydrogens (tertiary/aromatic N) is 4. The highest BCUT2D eigenvalue weighted by Crippen LogP contribution is 2.29. The van der Waals surface area contributed by atoms with Crippen LogP contribution >= 0.6 is 23.4 Å². The minimum absolute atomic E-state index is 0.0505. The summed E-state index contributed by atoms with van der Waals surface area (Å²) < 4.78 is 14.9. The van der Waals surface area contributed by atoms with Crippen LogP contribution in [0.15, 0.2) is 60.3 Å². The molecule has 0 saturated heterocycles. The number of aromatic nitrogens is 3. The molecule has 1 amide bonds. The van der Waals surface area contributed by atoms with Gasteiger partial charge in [0, 0.05) is 23.2 Å². The number of rotatable bonds is 8. The fourth-order valence-corrected chi connectivity index (χ4v) is 3.49. The topological polar surface area (TPSA) is 103 Å². The van der Waals surface area contributed by atoms with E-state index in [4.69, 9.17) is 11.6 Å². The van der Waals surface area contributed by atoms with Gasteiger partial charge in [-0.25, -0.2) is 4.39 Å². The maximum absolute atomic E-state index is 13.2. The van der Waals surface area contributed by atoms with E-state index in [9.17, 15) is 19.3 Å². The van der Waals surface area contributed by atoms with Crippen molar-refractivity contribution in [1.29, 1.82) is 0 Å². The minimum Gasteiger partial charge on any atom is -0.320 e. The van der Waals surface area contributed by atoms with Crippen molar-refractivity contribution in [3.8, 4) is 11.4 Å². The number of nitro benzene ring substituents is 1. The number of carbonyl (C=O) groups excluding carboxylic acids is 1. The lowest BCUT2D eigenvalue weighted by molar-refractivity contribution is -0.383. The Balaban J connectivity index is 1.74. The molecule has 0 atom stereocenters. The Morgan fingerprint density at radius 1 is 1.30 bits per heavy atom. The molecule has 0 aliphatic carbocycles. The zero-order valence-corrected chi connectivity index (χ0v) is 17.0. The third-order valence-electron chi connectivity index (χ3n) is 3.89. The number of hydrogen-bond donors (Lipinski definition) is 1. The predicted molar refractivity (Wildman–Crippen MR) is 113 cm³/mol. The van der Waals surface area contributed by atoms with E-state index >= 15 is 0 Å². The van der Waals surface area contributed by atoms with Crippen LogP contribution in [0, 0.1) is 15.9 Å². The monoisotopic (exact) mass is 447 g/mol. The molecule has 1 N–H and O–H groups in total. The molecule has 0 aliphatic heterocycles. The van der Waals surface area contributed by atoms with Crippen molar-refractivity contribution in [1.82, 2.24) is 14.8 Å². The van der Waals surface area contributed by atoms with Gasteiger partial charge in [0.25, 0.3) is 5.69 Å². The molecular weight excluding hydrogens is 433 g/mol. The molecule has 1 heterocycles. The summed E-state index contributed by atoms with van der Waals surface area (Å²) >= 11 is 6.89. The van der Waals surface area contributed by atoms with Crippen molar-refractivity contribution in [2.75, 3.05) is 11.1 Å². The number of allylic oxidation sites excluding steroid dienone is 1. The average molecular weight is 448 g/mol. The number of thioether (sulfide) groups is 1. The van der Waals surface area contributed by atoms with Gasteiger partial charge in [0.2, 0.25) is 5.91 Å². The van der Waals surface area contributed by atoms with Crippen LogP contribution in [-0.4, -0.2) is 31.3 Å². The van der Waals surface area contributed by atoms with E-state index in [1.54, 1.807) is 22.8 Å². The van der Waals surface area contributed by atoms with Gasteiger partial charge in [0.15, 0.2) is 11.0 Å². The highest BCUT2D eigenvalue weighted by atomic mass is 35.5. The first kappa shape index (κ1) is 21.5. The number of anilines is 1. The normalized spacial score (nSPS) is 10.6. The highest BCUT2D eigenvalue weighted by Gasteiger charge is 2.18. The lowest BCUT2D eigenvalue weighted by Crippen LogP contribution is -2.15. The van der Waals surface area contributed by atoms with E-state index in [0.29, 0.717) is 23.1 Å². The first-order chi connectivity index (χ1) is 14.4. The van der Waals surface area contributed by atoms with Crippen molar-refractivity contribution in [3.63, 3.8) is 0 Å². The van der Waals surface area contributed by atoms with Crippen LogP contribution in [0.25, 0.3) is 11.4 Å². The molecule has 0 fully saturated rings. The average Bonchev–Trinajstić information content (AvgIpc) is 3.11. The summed E-state index contributed by atoms with van der Waals surface area (Å²) in [5, 5.41) is 22.5. The van der Waals surface area contributed by atoms with Crippen LogP contribution in [0.2, 0.25) is 5.02 Å². The Labute approximate surface area is 179 Å². The van der Waals surface area contributed by atoms with Crippen LogP contribution in [0.4, 0.5) is 15.8 Å². The Morgan fingerprint density at radius 3 is 2.70 bits per heavy atom. The molecule has 30 heavy (non-hydrogen) atoms. The van der Waals surface area contributed by atoms with Crippen LogP contribution in [0.3, 0.4) is 0 Å². The molecule has 3 aromatic rings. The van der Waals surface area contributed by atoms with E-state index in [-0.39, 0.29) is 28.0 Å². The summed E-state index contributed by atoms with van der Waals surface area (Å²) in [5.74, 6) is -0.373. The van der Waals surface area contributed by atoms with Crippen molar-refractivity contribution >= 4 is 40.6 Å². The number of nitrogens with one attached hydrogen (secondary N) is 1. The fourth-order valence-electron chi connectivity index (χ4n) is 2.58.